The molecular formula is C12H20Cl2N2O2. The van der Waals surface area contributed by atoms with Gasteiger partial charge >= 0.3 is 0 Å². The highest BCUT2D eigenvalue weighted by Crippen LogP contribution is 2.19. The van der Waals surface area contributed by atoms with Crippen LogP contribution in [0.3, 0.4) is 0 Å². The largest absolute Gasteiger partial charge is 0.335 e. The lowest BCUT2D eigenvalue weighted by molar-refractivity contribution is -0.145. The van der Waals surface area contributed by atoms with Gasteiger partial charge in [0.25, 0.3) is 0 Å². The molecule has 0 aliphatic carbocycles. The molecule has 1 heterocycles. The van der Waals surface area contributed by atoms with E-state index in [0.29, 0.717) is 13.1 Å². The van der Waals surface area contributed by atoms with E-state index in [1.54, 1.807) is 23.6 Å². The van der Waals surface area contributed by atoms with Crippen LogP contribution in [0.2, 0.25) is 0 Å². The highest BCUT2D eigenvalue weighted by molar-refractivity contribution is 6.31. The van der Waals surface area contributed by atoms with E-state index in [4.69, 9.17) is 23.2 Å². The maximum absolute atomic E-state index is 11.9. The van der Waals surface area contributed by atoms with Gasteiger partial charge in [-0.15, -0.1) is 23.2 Å². The topological polar surface area (TPSA) is 40.6 Å². The van der Waals surface area contributed by atoms with E-state index in [9.17, 15) is 9.59 Å². The quantitative estimate of drug-likeness (QED) is 0.727. The fourth-order valence-corrected chi connectivity index (χ4v) is 2.45. The number of hydrogen-bond donors (Lipinski definition) is 0. The second-order valence-corrected chi connectivity index (χ2v) is 6.22. The van der Waals surface area contributed by atoms with E-state index < -0.39 is 10.8 Å². The summed E-state index contributed by atoms with van der Waals surface area (Å²) < 4.78 is 0. The number of halogens is 2. The molecule has 1 fully saturated rings. The van der Waals surface area contributed by atoms with Crippen LogP contribution in [0.25, 0.3) is 0 Å². The molecule has 18 heavy (non-hydrogen) atoms. The van der Waals surface area contributed by atoms with Gasteiger partial charge in [-0.25, -0.2) is 0 Å². The molecule has 0 aromatic rings. The Morgan fingerprint density at radius 2 is 1.22 bits per heavy atom. The zero-order chi connectivity index (χ0) is 14.0. The summed E-state index contributed by atoms with van der Waals surface area (Å²) in [6.45, 7) is 8.18. The summed E-state index contributed by atoms with van der Waals surface area (Å²) in [5.41, 5.74) is 0. The molecule has 1 saturated heterocycles. The molecule has 4 nitrogen and oxygen atoms in total. The van der Waals surface area contributed by atoms with E-state index in [-0.39, 0.29) is 23.9 Å². The van der Waals surface area contributed by atoms with Crippen molar-refractivity contribution in [1.29, 1.82) is 0 Å². The third-order valence-electron chi connectivity index (χ3n) is 3.23. The van der Waals surface area contributed by atoms with Gasteiger partial charge in [-0.05, 0) is 27.7 Å². The molecule has 1 aliphatic heterocycles. The van der Waals surface area contributed by atoms with Gasteiger partial charge in [0.05, 0.1) is 0 Å². The zero-order valence-electron chi connectivity index (χ0n) is 11.2. The van der Waals surface area contributed by atoms with Crippen LogP contribution in [0.15, 0.2) is 0 Å². The molecule has 0 N–H and O–H groups in total. The summed E-state index contributed by atoms with van der Waals surface area (Å²) in [5, 5.41) is -1.07. The molecule has 4 atom stereocenters. The Morgan fingerprint density at radius 3 is 1.44 bits per heavy atom. The smallest absolute Gasteiger partial charge is 0.240 e. The molecule has 0 radical (unpaired) electrons. The van der Waals surface area contributed by atoms with Gasteiger partial charge in [-0.3, -0.25) is 9.59 Å². The molecule has 1 aliphatic rings. The Kier molecular flexibility index (Phi) is 5.29. The van der Waals surface area contributed by atoms with Crippen molar-refractivity contribution in [2.45, 2.75) is 50.5 Å². The Labute approximate surface area is 118 Å². The average molecular weight is 295 g/mol. The molecule has 2 amide bonds. The number of alkyl halides is 2. The summed E-state index contributed by atoms with van der Waals surface area (Å²) in [6.07, 6.45) is 0. The summed E-state index contributed by atoms with van der Waals surface area (Å²) in [6, 6.07) is -0.0662. The number of hydrogen-bond acceptors (Lipinski definition) is 2. The summed E-state index contributed by atoms with van der Waals surface area (Å²) in [5.74, 6) is -0.163. The fraction of sp³-hybridized carbons (Fsp3) is 0.833. The standard InChI is InChI=1S/C12H20Cl2N2O2/c1-7-5-16(12(18)10(4)14)8(2)6-15(7)11(17)9(3)13/h7-10H,5-6H2,1-4H3. The minimum Gasteiger partial charge on any atom is -0.335 e. The van der Waals surface area contributed by atoms with E-state index in [0.717, 1.165) is 0 Å². The SMILES string of the molecule is CC(Cl)C(=O)N1CC(C)N(C(=O)C(C)Cl)CC1C. The lowest BCUT2D eigenvalue weighted by Crippen LogP contribution is -2.61. The molecule has 0 saturated carbocycles. The Bertz CT molecular complexity index is 302. The first kappa shape index (κ1) is 15.6. The molecule has 4 unspecified atom stereocenters. The monoisotopic (exact) mass is 294 g/mol. The van der Waals surface area contributed by atoms with E-state index in [1.807, 2.05) is 13.8 Å². The van der Waals surface area contributed by atoms with Gasteiger partial charge in [0.15, 0.2) is 0 Å². The lowest BCUT2D eigenvalue weighted by Gasteiger charge is -2.44. The zero-order valence-corrected chi connectivity index (χ0v) is 12.7. The molecule has 104 valence electrons. The second-order valence-electron chi connectivity index (χ2n) is 4.91. The molecule has 6 heteroatoms. The van der Waals surface area contributed by atoms with Gasteiger partial charge in [-0.1, -0.05) is 0 Å². The van der Waals surface area contributed by atoms with Gasteiger partial charge in [0, 0.05) is 25.2 Å². The lowest BCUT2D eigenvalue weighted by atomic mass is 10.1. The number of rotatable bonds is 2. The van der Waals surface area contributed by atoms with Crippen molar-refractivity contribution in [3.8, 4) is 0 Å². The fourth-order valence-electron chi connectivity index (χ4n) is 2.20. The van der Waals surface area contributed by atoms with Crippen LogP contribution in [-0.2, 0) is 9.59 Å². The van der Waals surface area contributed by atoms with E-state index in [2.05, 4.69) is 0 Å². The maximum Gasteiger partial charge on any atom is 0.240 e. The van der Waals surface area contributed by atoms with Crippen molar-refractivity contribution in [1.82, 2.24) is 9.80 Å². The van der Waals surface area contributed by atoms with Crippen LogP contribution >= 0.6 is 23.2 Å². The predicted octanol–water partition coefficient (Wildman–Crippen LogP) is 1.69. The van der Waals surface area contributed by atoms with Crippen LogP contribution in [0.4, 0.5) is 0 Å². The van der Waals surface area contributed by atoms with Crippen molar-refractivity contribution >= 4 is 35.0 Å². The second kappa shape index (κ2) is 6.11. The number of amides is 2. The molecule has 0 aromatic carbocycles. The highest BCUT2D eigenvalue weighted by atomic mass is 35.5. The van der Waals surface area contributed by atoms with E-state index in [1.165, 1.54) is 0 Å². The highest BCUT2D eigenvalue weighted by Gasteiger charge is 2.36. The van der Waals surface area contributed by atoms with Crippen LogP contribution in [0, 0.1) is 0 Å². The first-order chi connectivity index (χ1) is 8.25. The maximum atomic E-state index is 11.9. The third-order valence-corrected chi connectivity index (χ3v) is 3.61. The van der Waals surface area contributed by atoms with Gasteiger partial charge < -0.3 is 9.80 Å². The predicted molar refractivity (Wildman–Crippen MR) is 73.0 cm³/mol. The van der Waals surface area contributed by atoms with Crippen molar-refractivity contribution in [3.63, 3.8) is 0 Å². The number of nitrogens with zero attached hydrogens (tertiary/aromatic N) is 2. The average Bonchev–Trinajstić information content (AvgIpc) is 2.29. The molecule has 0 aromatic heterocycles. The first-order valence-corrected chi connectivity index (χ1v) is 7.02. The number of carbonyl (C=O) groups excluding carboxylic acids is 2. The summed E-state index contributed by atoms with van der Waals surface area (Å²) in [4.78, 5) is 27.3. The van der Waals surface area contributed by atoms with Gasteiger partial charge in [0.2, 0.25) is 11.8 Å². The van der Waals surface area contributed by atoms with Crippen molar-refractivity contribution < 1.29 is 9.59 Å². The Balaban J connectivity index is 2.76. The van der Waals surface area contributed by atoms with Gasteiger partial charge in [-0.2, -0.15) is 0 Å². The minimum absolute atomic E-state index is 0.0331. The van der Waals surface area contributed by atoms with Crippen LogP contribution in [0.5, 0.6) is 0 Å². The van der Waals surface area contributed by atoms with Crippen molar-refractivity contribution in [2.24, 2.45) is 0 Å². The summed E-state index contributed by atoms with van der Waals surface area (Å²) in [7, 11) is 0. The van der Waals surface area contributed by atoms with Crippen LogP contribution < -0.4 is 0 Å². The minimum atomic E-state index is -0.533. The third kappa shape index (κ3) is 3.29. The first-order valence-electron chi connectivity index (χ1n) is 6.14. The Morgan fingerprint density at radius 1 is 0.944 bits per heavy atom. The summed E-state index contributed by atoms with van der Waals surface area (Å²) >= 11 is 11.7. The molecule has 0 bridgehead atoms. The normalized spacial score (nSPS) is 27.9. The number of piperazine rings is 1. The van der Waals surface area contributed by atoms with Gasteiger partial charge in [0.1, 0.15) is 10.8 Å². The molecule has 0 spiro atoms. The Hall–Kier alpha value is -0.480. The van der Waals surface area contributed by atoms with Crippen LogP contribution in [-0.4, -0.2) is 57.5 Å². The van der Waals surface area contributed by atoms with Crippen LogP contribution in [0.1, 0.15) is 27.7 Å². The molecule has 1 rings (SSSR count). The van der Waals surface area contributed by atoms with Crippen molar-refractivity contribution in [2.75, 3.05) is 13.1 Å². The van der Waals surface area contributed by atoms with Crippen molar-refractivity contribution in [3.05, 3.63) is 0 Å². The molecular weight excluding hydrogens is 275 g/mol. The number of carbonyl (C=O) groups is 2. The van der Waals surface area contributed by atoms with E-state index >= 15 is 0 Å².